The average molecular weight is 224 g/mol. The number of rotatable bonds is 4. The Morgan fingerprint density at radius 2 is 2.07 bits per heavy atom. The largest absolute Gasteiger partial charge is 0.347 e. The molecule has 0 atom stereocenters. The molecule has 2 nitrogen and oxygen atoms in total. The number of aryl methyl sites for hydroxylation is 2. The highest BCUT2D eigenvalue weighted by molar-refractivity contribution is 7.71. The van der Waals surface area contributed by atoms with Crippen molar-refractivity contribution in [2.24, 2.45) is 0 Å². The normalized spacial score (nSPS) is 11.0. The molecule has 0 fully saturated rings. The maximum Gasteiger partial charge on any atom is 0.133 e. The van der Waals surface area contributed by atoms with Crippen LogP contribution < -0.4 is 0 Å². The molecule has 1 N–H and O–H groups in total. The molecule has 1 rings (SSSR count). The van der Waals surface area contributed by atoms with E-state index in [1.165, 1.54) is 24.1 Å². The number of aromatic nitrogens is 2. The van der Waals surface area contributed by atoms with Crippen LogP contribution in [0.5, 0.6) is 0 Å². The molecular weight excluding hydrogens is 204 g/mol. The van der Waals surface area contributed by atoms with E-state index in [1.807, 2.05) is 0 Å². The number of nitrogens with one attached hydrogen (secondary N) is 1. The topological polar surface area (TPSA) is 28.7 Å². The molecule has 1 heterocycles. The van der Waals surface area contributed by atoms with E-state index in [9.17, 15) is 0 Å². The van der Waals surface area contributed by atoms with Gasteiger partial charge in [0.2, 0.25) is 0 Å². The predicted molar refractivity (Wildman–Crippen MR) is 66.9 cm³/mol. The van der Waals surface area contributed by atoms with Crippen molar-refractivity contribution in [3.8, 4) is 0 Å². The first kappa shape index (κ1) is 12.4. The minimum Gasteiger partial charge on any atom is -0.347 e. The highest BCUT2D eigenvalue weighted by atomic mass is 32.1. The Morgan fingerprint density at radius 1 is 1.40 bits per heavy atom. The fourth-order valence-electron chi connectivity index (χ4n) is 1.80. The van der Waals surface area contributed by atoms with Gasteiger partial charge in [0, 0.05) is 17.7 Å². The van der Waals surface area contributed by atoms with Gasteiger partial charge in [-0.1, -0.05) is 39.4 Å². The maximum absolute atomic E-state index is 5.32. The maximum atomic E-state index is 5.32. The lowest BCUT2D eigenvalue weighted by Crippen LogP contribution is -2.04. The average Bonchev–Trinajstić information content (AvgIpc) is 2.12. The minimum absolute atomic E-state index is 0.446. The van der Waals surface area contributed by atoms with Crippen LogP contribution in [0.15, 0.2) is 0 Å². The highest BCUT2D eigenvalue weighted by Gasteiger charge is 2.08. The molecule has 0 aromatic carbocycles. The molecule has 0 aliphatic carbocycles. The molecular formula is C12H20N2S. The summed E-state index contributed by atoms with van der Waals surface area (Å²) in [5.74, 6) is 1.48. The number of nitrogens with zero attached hydrogens (tertiary/aromatic N) is 1. The monoisotopic (exact) mass is 224 g/mol. The molecule has 0 saturated heterocycles. The summed E-state index contributed by atoms with van der Waals surface area (Å²) >= 11 is 5.32. The van der Waals surface area contributed by atoms with Crippen molar-refractivity contribution in [1.29, 1.82) is 0 Å². The second-order valence-corrected chi connectivity index (χ2v) is 4.67. The molecule has 84 valence electrons. The second-order valence-electron chi connectivity index (χ2n) is 4.29. The summed E-state index contributed by atoms with van der Waals surface area (Å²) in [7, 11) is 0. The van der Waals surface area contributed by atoms with Gasteiger partial charge in [0.1, 0.15) is 10.5 Å². The fraction of sp³-hybridized carbons (Fsp3) is 0.667. The summed E-state index contributed by atoms with van der Waals surface area (Å²) in [5.41, 5.74) is 2.36. The standard InChI is InChI=1S/C12H20N2S/c1-5-6-7-10-13-9(4)11(8(2)3)12(15)14-10/h8H,5-7H2,1-4H3,(H,13,14,15). The summed E-state index contributed by atoms with van der Waals surface area (Å²) in [4.78, 5) is 7.81. The second kappa shape index (κ2) is 5.40. The van der Waals surface area contributed by atoms with Crippen molar-refractivity contribution < 1.29 is 0 Å². The van der Waals surface area contributed by atoms with Gasteiger partial charge in [0.25, 0.3) is 0 Å². The molecule has 0 aliphatic heterocycles. The quantitative estimate of drug-likeness (QED) is 0.785. The minimum atomic E-state index is 0.446. The Balaban J connectivity index is 3.03. The zero-order chi connectivity index (χ0) is 11.4. The van der Waals surface area contributed by atoms with Crippen LogP contribution in [0.3, 0.4) is 0 Å². The zero-order valence-corrected chi connectivity index (χ0v) is 10.9. The molecule has 0 radical (unpaired) electrons. The number of unbranched alkanes of at least 4 members (excludes halogenated alkanes) is 1. The number of aromatic amines is 1. The number of hydrogen-bond acceptors (Lipinski definition) is 2. The molecule has 0 unspecified atom stereocenters. The lowest BCUT2D eigenvalue weighted by molar-refractivity contribution is 0.731. The van der Waals surface area contributed by atoms with E-state index in [2.05, 4.69) is 37.7 Å². The lowest BCUT2D eigenvalue weighted by Gasteiger charge is -2.11. The van der Waals surface area contributed by atoms with Crippen LogP contribution >= 0.6 is 12.2 Å². The Labute approximate surface area is 97.1 Å². The molecule has 1 aromatic heterocycles. The molecule has 0 aliphatic rings. The van der Waals surface area contributed by atoms with Crippen LogP contribution in [-0.2, 0) is 6.42 Å². The van der Waals surface area contributed by atoms with Crippen molar-refractivity contribution in [1.82, 2.24) is 9.97 Å². The number of hydrogen-bond donors (Lipinski definition) is 1. The molecule has 1 aromatic rings. The molecule has 0 spiro atoms. The van der Waals surface area contributed by atoms with E-state index < -0.39 is 0 Å². The van der Waals surface area contributed by atoms with Crippen LogP contribution in [0, 0.1) is 11.6 Å². The SMILES string of the molecule is CCCCc1nc(=S)c(C(C)C)c(C)[nH]1. The van der Waals surface area contributed by atoms with Crippen LogP contribution in [0.1, 0.15) is 56.6 Å². The summed E-state index contributed by atoms with van der Waals surface area (Å²) in [6.07, 6.45) is 3.35. The summed E-state index contributed by atoms with van der Waals surface area (Å²) in [5, 5.41) is 0. The van der Waals surface area contributed by atoms with E-state index in [1.54, 1.807) is 0 Å². The van der Waals surface area contributed by atoms with Gasteiger partial charge in [-0.3, -0.25) is 0 Å². The molecule has 0 amide bonds. The first-order valence-electron chi connectivity index (χ1n) is 5.66. The summed E-state index contributed by atoms with van der Waals surface area (Å²) in [6.45, 7) is 8.57. The first-order chi connectivity index (χ1) is 7.06. The smallest absolute Gasteiger partial charge is 0.133 e. The Bertz CT molecular complexity index is 380. The van der Waals surface area contributed by atoms with Crippen molar-refractivity contribution in [3.05, 3.63) is 21.7 Å². The molecule has 3 heteroatoms. The molecule has 0 bridgehead atoms. The van der Waals surface area contributed by atoms with Gasteiger partial charge in [0.15, 0.2) is 0 Å². The Hall–Kier alpha value is -0.700. The summed E-state index contributed by atoms with van der Waals surface area (Å²) < 4.78 is 0.771. The van der Waals surface area contributed by atoms with Gasteiger partial charge in [0.05, 0.1) is 0 Å². The van der Waals surface area contributed by atoms with Crippen LogP contribution in [-0.4, -0.2) is 9.97 Å². The van der Waals surface area contributed by atoms with Crippen molar-refractivity contribution in [2.45, 2.75) is 52.9 Å². The van der Waals surface area contributed by atoms with Crippen LogP contribution in [0.25, 0.3) is 0 Å². The van der Waals surface area contributed by atoms with Crippen molar-refractivity contribution in [2.75, 3.05) is 0 Å². The zero-order valence-electron chi connectivity index (χ0n) is 10.1. The molecule has 15 heavy (non-hydrogen) atoms. The van der Waals surface area contributed by atoms with Gasteiger partial charge >= 0.3 is 0 Å². The van der Waals surface area contributed by atoms with Gasteiger partial charge in [-0.2, -0.15) is 0 Å². The van der Waals surface area contributed by atoms with E-state index in [4.69, 9.17) is 12.2 Å². The van der Waals surface area contributed by atoms with E-state index in [0.29, 0.717) is 5.92 Å². The van der Waals surface area contributed by atoms with E-state index in [-0.39, 0.29) is 0 Å². The first-order valence-corrected chi connectivity index (χ1v) is 6.06. The number of H-pyrrole nitrogens is 1. The van der Waals surface area contributed by atoms with Gasteiger partial charge < -0.3 is 4.98 Å². The van der Waals surface area contributed by atoms with E-state index in [0.717, 1.165) is 16.9 Å². The Morgan fingerprint density at radius 3 is 2.53 bits per heavy atom. The third-order valence-electron chi connectivity index (χ3n) is 2.55. The predicted octanol–water partition coefficient (Wildman–Crippen LogP) is 3.91. The van der Waals surface area contributed by atoms with Crippen molar-refractivity contribution in [3.63, 3.8) is 0 Å². The van der Waals surface area contributed by atoms with Gasteiger partial charge in [-0.15, -0.1) is 0 Å². The lowest BCUT2D eigenvalue weighted by atomic mass is 10.0. The fourth-order valence-corrected chi connectivity index (χ4v) is 2.30. The highest BCUT2D eigenvalue weighted by Crippen LogP contribution is 2.18. The van der Waals surface area contributed by atoms with Crippen LogP contribution in [0.2, 0.25) is 0 Å². The van der Waals surface area contributed by atoms with Gasteiger partial charge in [-0.25, -0.2) is 4.98 Å². The Kier molecular flexibility index (Phi) is 4.45. The van der Waals surface area contributed by atoms with Gasteiger partial charge in [-0.05, 0) is 19.3 Å². The third-order valence-corrected chi connectivity index (χ3v) is 2.86. The summed E-state index contributed by atoms with van der Waals surface area (Å²) in [6, 6.07) is 0. The molecule has 0 saturated carbocycles. The van der Waals surface area contributed by atoms with Crippen LogP contribution in [0.4, 0.5) is 0 Å². The third kappa shape index (κ3) is 3.13. The van der Waals surface area contributed by atoms with E-state index >= 15 is 0 Å². The van der Waals surface area contributed by atoms with Crippen molar-refractivity contribution >= 4 is 12.2 Å².